The van der Waals surface area contributed by atoms with Crippen molar-refractivity contribution in [1.29, 1.82) is 0 Å². The average molecular weight is 311 g/mol. The minimum absolute atomic E-state index is 0.172. The van der Waals surface area contributed by atoms with E-state index >= 15 is 0 Å². The standard InChI is InChI=1S/C18H21N3O2/c1-3-23-16-10-8-15(9-11-16)12-20-21-18(22)13-19-17-7-5-4-6-14(17)2/h4-12,19H,3,13H2,1-2H3,(H,21,22)/b20-12-. The number of carbonyl (C=O) groups excluding carboxylic acids is 1. The van der Waals surface area contributed by atoms with Gasteiger partial charge in [0.1, 0.15) is 5.75 Å². The van der Waals surface area contributed by atoms with Crippen LogP contribution in [0.2, 0.25) is 0 Å². The lowest BCUT2D eigenvalue weighted by atomic mass is 10.2. The number of nitrogens with zero attached hydrogens (tertiary/aromatic N) is 1. The number of hydrogen-bond donors (Lipinski definition) is 2. The Morgan fingerprint density at radius 3 is 2.61 bits per heavy atom. The zero-order valence-electron chi connectivity index (χ0n) is 13.4. The Kier molecular flexibility index (Phi) is 6.17. The number of benzene rings is 2. The van der Waals surface area contributed by atoms with Crippen molar-refractivity contribution >= 4 is 17.8 Å². The van der Waals surface area contributed by atoms with E-state index in [1.807, 2.05) is 62.4 Å². The van der Waals surface area contributed by atoms with Crippen molar-refractivity contribution in [1.82, 2.24) is 5.43 Å². The van der Waals surface area contributed by atoms with Crippen molar-refractivity contribution in [2.45, 2.75) is 13.8 Å². The minimum atomic E-state index is -0.199. The van der Waals surface area contributed by atoms with Gasteiger partial charge in [-0.2, -0.15) is 5.10 Å². The first-order valence-electron chi connectivity index (χ1n) is 7.53. The van der Waals surface area contributed by atoms with E-state index in [4.69, 9.17) is 4.74 Å². The molecule has 2 N–H and O–H groups in total. The number of amides is 1. The molecule has 0 unspecified atom stereocenters. The van der Waals surface area contributed by atoms with E-state index < -0.39 is 0 Å². The van der Waals surface area contributed by atoms with Gasteiger partial charge in [-0.3, -0.25) is 4.79 Å². The predicted molar refractivity (Wildman–Crippen MR) is 93.0 cm³/mol. The van der Waals surface area contributed by atoms with Crippen LogP contribution in [0.4, 0.5) is 5.69 Å². The van der Waals surface area contributed by atoms with E-state index in [9.17, 15) is 4.79 Å². The lowest BCUT2D eigenvalue weighted by Gasteiger charge is -2.07. The average Bonchev–Trinajstić information content (AvgIpc) is 2.56. The molecule has 0 bridgehead atoms. The Hall–Kier alpha value is -2.82. The summed E-state index contributed by atoms with van der Waals surface area (Å²) in [6, 6.07) is 15.3. The molecule has 2 aromatic carbocycles. The number of aryl methyl sites for hydroxylation is 1. The highest BCUT2D eigenvalue weighted by atomic mass is 16.5. The molecular weight excluding hydrogens is 290 g/mol. The highest BCUT2D eigenvalue weighted by molar-refractivity contribution is 5.84. The van der Waals surface area contributed by atoms with Crippen molar-refractivity contribution in [3.05, 3.63) is 59.7 Å². The van der Waals surface area contributed by atoms with Crippen LogP contribution in [0, 0.1) is 6.92 Å². The van der Waals surface area contributed by atoms with Crippen molar-refractivity contribution in [2.24, 2.45) is 5.10 Å². The zero-order chi connectivity index (χ0) is 16.5. The van der Waals surface area contributed by atoms with Crippen LogP contribution in [-0.4, -0.2) is 25.3 Å². The van der Waals surface area contributed by atoms with Gasteiger partial charge in [-0.05, 0) is 55.3 Å². The lowest BCUT2D eigenvalue weighted by Crippen LogP contribution is -2.26. The number of hydrogen-bond acceptors (Lipinski definition) is 4. The minimum Gasteiger partial charge on any atom is -0.494 e. The molecule has 2 aromatic rings. The summed E-state index contributed by atoms with van der Waals surface area (Å²) in [5.74, 6) is 0.617. The molecule has 0 spiro atoms. The van der Waals surface area contributed by atoms with Gasteiger partial charge in [0.05, 0.1) is 19.4 Å². The van der Waals surface area contributed by atoms with Crippen LogP contribution in [0.3, 0.4) is 0 Å². The van der Waals surface area contributed by atoms with E-state index in [0.717, 1.165) is 22.6 Å². The number of ether oxygens (including phenoxy) is 1. The van der Waals surface area contributed by atoms with Crippen molar-refractivity contribution in [3.8, 4) is 5.75 Å². The largest absolute Gasteiger partial charge is 0.494 e. The molecule has 0 saturated heterocycles. The van der Waals surface area contributed by atoms with E-state index in [2.05, 4.69) is 15.8 Å². The predicted octanol–water partition coefficient (Wildman–Crippen LogP) is 2.96. The number of carbonyl (C=O) groups is 1. The molecule has 120 valence electrons. The molecule has 0 atom stereocenters. The van der Waals surface area contributed by atoms with E-state index in [1.54, 1.807) is 6.21 Å². The molecule has 0 aliphatic carbocycles. The molecule has 0 radical (unpaired) electrons. The van der Waals surface area contributed by atoms with Crippen LogP contribution in [0.5, 0.6) is 5.75 Å². The van der Waals surface area contributed by atoms with E-state index in [0.29, 0.717) is 6.61 Å². The molecule has 5 nitrogen and oxygen atoms in total. The molecule has 0 heterocycles. The molecule has 0 fully saturated rings. The van der Waals surface area contributed by atoms with Crippen molar-refractivity contribution in [2.75, 3.05) is 18.5 Å². The van der Waals surface area contributed by atoms with Crippen LogP contribution in [0.15, 0.2) is 53.6 Å². The van der Waals surface area contributed by atoms with Crippen molar-refractivity contribution in [3.63, 3.8) is 0 Å². The normalized spacial score (nSPS) is 10.5. The summed E-state index contributed by atoms with van der Waals surface area (Å²) in [6.45, 7) is 4.74. The summed E-state index contributed by atoms with van der Waals surface area (Å²) in [7, 11) is 0. The molecule has 0 aliphatic rings. The van der Waals surface area contributed by atoms with E-state index in [-0.39, 0.29) is 12.5 Å². The first-order chi connectivity index (χ1) is 11.2. The van der Waals surface area contributed by atoms with Crippen LogP contribution >= 0.6 is 0 Å². The third kappa shape index (κ3) is 5.47. The summed E-state index contributed by atoms with van der Waals surface area (Å²) < 4.78 is 5.36. The maximum atomic E-state index is 11.7. The molecule has 2 rings (SSSR count). The Balaban J connectivity index is 1.78. The summed E-state index contributed by atoms with van der Waals surface area (Å²) in [5, 5.41) is 7.03. The van der Waals surface area contributed by atoms with Gasteiger partial charge in [-0.25, -0.2) is 5.43 Å². The number of anilines is 1. The van der Waals surface area contributed by atoms with Gasteiger partial charge >= 0.3 is 0 Å². The number of rotatable bonds is 7. The van der Waals surface area contributed by atoms with Crippen LogP contribution in [0.25, 0.3) is 0 Å². The third-order valence-corrected chi connectivity index (χ3v) is 3.18. The van der Waals surface area contributed by atoms with Crippen LogP contribution in [0.1, 0.15) is 18.1 Å². The third-order valence-electron chi connectivity index (χ3n) is 3.18. The smallest absolute Gasteiger partial charge is 0.259 e. The molecule has 23 heavy (non-hydrogen) atoms. The van der Waals surface area contributed by atoms with Gasteiger partial charge in [-0.1, -0.05) is 18.2 Å². The summed E-state index contributed by atoms with van der Waals surface area (Å²) in [4.78, 5) is 11.7. The fraction of sp³-hybridized carbons (Fsp3) is 0.222. The zero-order valence-corrected chi connectivity index (χ0v) is 13.4. The van der Waals surface area contributed by atoms with Crippen LogP contribution < -0.4 is 15.5 Å². The topological polar surface area (TPSA) is 62.7 Å². The molecule has 0 aromatic heterocycles. The van der Waals surface area contributed by atoms with E-state index in [1.165, 1.54) is 0 Å². The number of hydrazone groups is 1. The molecule has 5 heteroatoms. The van der Waals surface area contributed by atoms with Crippen molar-refractivity contribution < 1.29 is 9.53 Å². The molecular formula is C18H21N3O2. The first-order valence-corrected chi connectivity index (χ1v) is 7.53. The number of nitrogens with one attached hydrogen (secondary N) is 2. The first kappa shape index (κ1) is 16.5. The Labute approximate surface area is 136 Å². The second-order valence-corrected chi connectivity index (χ2v) is 4.96. The SMILES string of the molecule is CCOc1ccc(/C=N\NC(=O)CNc2ccccc2C)cc1. The fourth-order valence-electron chi connectivity index (χ4n) is 1.98. The van der Waals surface area contributed by atoms with Gasteiger partial charge in [0, 0.05) is 5.69 Å². The lowest BCUT2D eigenvalue weighted by molar-refractivity contribution is -0.119. The summed E-state index contributed by atoms with van der Waals surface area (Å²) in [5.41, 5.74) is 5.43. The fourth-order valence-corrected chi connectivity index (χ4v) is 1.98. The van der Waals surface area contributed by atoms with Gasteiger partial charge < -0.3 is 10.1 Å². The number of para-hydroxylation sites is 1. The highest BCUT2D eigenvalue weighted by Crippen LogP contribution is 2.12. The second-order valence-electron chi connectivity index (χ2n) is 4.96. The Bertz CT molecular complexity index is 666. The quantitative estimate of drug-likeness (QED) is 0.610. The molecule has 0 aliphatic heterocycles. The van der Waals surface area contributed by atoms with Gasteiger partial charge in [0.25, 0.3) is 5.91 Å². The van der Waals surface area contributed by atoms with Gasteiger partial charge in [0.15, 0.2) is 0 Å². The Morgan fingerprint density at radius 1 is 1.17 bits per heavy atom. The maximum absolute atomic E-state index is 11.7. The highest BCUT2D eigenvalue weighted by Gasteiger charge is 2.01. The molecule has 1 amide bonds. The van der Waals surface area contributed by atoms with Gasteiger partial charge in [0.2, 0.25) is 0 Å². The summed E-state index contributed by atoms with van der Waals surface area (Å²) in [6.07, 6.45) is 1.60. The van der Waals surface area contributed by atoms with Crippen LogP contribution in [-0.2, 0) is 4.79 Å². The Morgan fingerprint density at radius 2 is 1.91 bits per heavy atom. The second kappa shape index (κ2) is 8.58. The monoisotopic (exact) mass is 311 g/mol. The maximum Gasteiger partial charge on any atom is 0.259 e. The van der Waals surface area contributed by atoms with Gasteiger partial charge in [-0.15, -0.1) is 0 Å². The molecule has 0 saturated carbocycles. The summed E-state index contributed by atoms with van der Waals surface area (Å²) >= 11 is 0.